The molecule has 0 spiro atoms. The summed E-state index contributed by atoms with van der Waals surface area (Å²) in [6.07, 6.45) is 7.97. The molecule has 1 aliphatic rings. The van der Waals surface area contributed by atoms with Gasteiger partial charge in [0, 0.05) is 18.9 Å². The third-order valence-corrected chi connectivity index (χ3v) is 4.44. The monoisotopic (exact) mass is 310 g/mol. The maximum absolute atomic E-state index is 12.1. The molecule has 1 heterocycles. The van der Waals surface area contributed by atoms with E-state index >= 15 is 0 Å². The quantitative estimate of drug-likeness (QED) is 0.838. The van der Waals surface area contributed by atoms with Crippen LogP contribution >= 0.6 is 11.6 Å². The van der Waals surface area contributed by atoms with Crippen LogP contribution in [0.1, 0.15) is 48.9 Å². The van der Waals surface area contributed by atoms with Crippen molar-refractivity contribution in [2.75, 3.05) is 6.54 Å². The number of aromatic nitrogens is 1. The van der Waals surface area contributed by atoms with E-state index in [2.05, 4.69) is 10.3 Å². The van der Waals surface area contributed by atoms with Crippen LogP contribution in [0, 0.1) is 5.41 Å². The number of amides is 1. The number of hydrogen-bond donors (Lipinski definition) is 2. The topological polar surface area (TPSA) is 79.3 Å². The van der Waals surface area contributed by atoms with Crippen LogP contribution in [0.15, 0.2) is 18.5 Å². The highest BCUT2D eigenvalue weighted by Crippen LogP contribution is 2.35. The molecule has 0 aromatic carbocycles. The molecule has 0 unspecified atom stereocenters. The number of carbonyl (C=O) groups excluding carboxylic acids is 1. The van der Waals surface area contributed by atoms with Crippen LogP contribution in [0.4, 0.5) is 0 Å². The second-order valence-corrected chi connectivity index (χ2v) is 5.95. The van der Waals surface area contributed by atoms with Gasteiger partial charge in [-0.3, -0.25) is 14.6 Å². The smallest absolute Gasteiger partial charge is 0.311 e. The number of rotatable bonds is 4. The van der Waals surface area contributed by atoms with Gasteiger partial charge >= 0.3 is 5.97 Å². The average molecular weight is 311 g/mol. The predicted molar refractivity (Wildman–Crippen MR) is 79.4 cm³/mol. The SMILES string of the molecule is O=C(NCC1(C(=O)O)CCCCCC1)c1cnccc1Cl. The van der Waals surface area contributed by atoms with Crippen molar-refractivity contribution in [2.45, 2.75) is 38.5 Å². The standard InChI is InChI=1S/C15H19ClN2O3/c16-12-5-8-17-9-11(12)13(19)18-10-15(14(20)21)6-3-1-2-4-7-15/h5,8-9H,1-4,6-7,10H2,(H,18,19)(H,20,21). The zero-order valence-corrected chi connectivity index (χ0v) is 12.5. The van der Waals surface area contributed by atoms with E-state index < -0.39 is 11.4 Å². The molecule has 6 heteroatoms. The molecule has 21 heavy (non-hydrogen) atoms. The summed E-state index contributed by atoms with van der Waals surface area (Å²) in [6, 6.07) is 1.54. The molecule has 0 saturated heterocycles. The summed E-state index contributed by atoms with van der Waals surface area (Å²) in [7, 11) is 0. The molecule has 0 bridgehead atoms. The highest BCUT2D eigenvalue weighted by atomic mass is 35.5. The van der Waals surface area contributed by atoms with Crippen molar-refractivity contribution in [2.24, 2.45) is 5.41 Å². The van der Waals surface area contributed by atoms with E-state index in [-0.39, 0.29) is 18.0 Å². The Morgan fingerprint density at radius 3 is 2.52 bits per heavy atom. The number of carboxylic acids is 1. The van der Waals surface area contributed by atoms with Crippen LogP contribution in [0.3, 0.4) is 0 Å². The molecule has 1 fully saturated rings. The van der Waals surface area contributed by atoms with Gasteiger partial charge < -0.3 is 10.4 Å². The van der Waals surface area contributed by atoms with Crippen molar-refractivity contribution in [3.05, 3.63) is 29.0 Å². The van der Waals surface area contributed by atoms with Crippen molar-refractivity contribution in [1.29, 1.82) is 0 Å². The first-order valence-electron chi connectivity index (χ1n) is 7.16. The van der Waals surface area contributed by atoms with Crippen molar-refractivity contribution in [3.63, 3.8) is 0 Å². The minimum absolute atomic E-state index is 0.131. The van der Waals surface area contributed by atoms with Crippen LogP contribution < -0.4 is 5.32 Å². The summed E-state index contributed by atoms with van der Waals surface area (Å²) in [4.78, 5) is 27.7. The first-order valence-corrected chi connectivity index (χ1v) is 7.54. The number of aliphatic carboxylic acids is 1. The summed E-state index contributed by atoms with van der Waals surface area (Å²) in [5, 5.41) is 12.6. The second-order valence-electron chi connectivity index (χ2n) is 5.54. The van der Waals surface area contributed by atoms with E-state index in [4.69, 9.17) is 11.6 Å². The number of nitrogens with zero attached hydrogens (tertiary/aromatic N) is 1. The Kier molecular flexibility index (Phi) is 5.17. The summed E-state index contributed by atoms with van der Waals surface area (Å²) >= 11 is 5.95. The first-order chi connectivity index (χ1) is 10.1. The molecule has 0 aliphatic heterocycles. The van der Waals surface area contributed by atoms with Gasteiger partial charge in [-0.1, -0.05) is 37.3 Å². The van der Waals surface area contributed by atoms with Crippen LogP contribution in [-0.4, -0.2) is 28.5 Å². The fourth-order valence-electron chi connectivity index (χ4n) is 2.76. The van der Waals surface area contributed by atoms with Crippen molar-refractivity contribution >= 4 is 23.5 Å². The van der Waals surface area contributed by atoms with Gasteiger partial charge in [0.05, 0.1) is 16.0 Å². The Labute approximate surface area is 128 Å². The molecule has 1 aromatic rings. The highest BCUT2D eigenvalue weighted by Gasteiger charge is 2.39. The zero-order valence-electron chi connectivity index (χ0n) is 11.8. The van der Waals surface area contributed by atoms with E-state index in [1.807, 2.05) is 0 Å². The van der Waals surface area contributed by atoms with E-state index in [9.17, 15) is 14.7 Å². The lowest BCUT2D eigenvalue weighted by molar-refractivity contribution is -0.149. The van der Waals surface area contributed by atoms with Crippen LogP contribution in [-0.2, 0) is 4.79 Å². The maximum atomic E-state index is 12.1. The van der Waals surface area contributed by atoms with Crippen LogP contribution in [0.25, 0.3) is 0 Å². The number of nitrogens with one attached hydrogen (secondary N) is 1. The van der Waals surface area contributed by atoms with Gasteiger partial charge in [0.25, 0.3) is 5.91 Å². The second kappa shape index (κ2) is 6.89. The molecule has 1 aliphatic carbocycles. The first kappa shape index (κ1) is 15.8. The third-order valence-electron chi connectivity index (χ3n) is 4.11. The lowest BCUT2D eigenvalue weighted by Crippen LogP contribution is -2.43. The van der Waals surface area contributed by atoms with Gasteiger partial charge in [-0.05, 0) is 18.9 Å². The number of hydrogen-bond acceptors (Lipinski definition) is 3. The van der Waals surface area contributed by atoms with Gasteiger partial charge in [-0.15, -0.1) is 0 Å². The summed E-state index contributed by atoms with van der Waals surface area (Å²) in [5.74, 6) is -1.21. The summed E-state index contributed by atoms with van der Waals surface area (Å²) in [5.41, 5.74) is -0.589. The minimum Gasteiger partial charge on any atom is -0.481 e. The van der Waals surface area contributed by atoms with E-state index in [1.54, 1.807) is 0 Å². The highest BCUT2D eigenvalue weighted by molar-refractivity contribution is 6.33. The van der Waals surface area contributed by atoms with Gasteiger partial charge in [-0.25, -0.2) is 0 Å². The van der Waals surface area contributed by atoms with E-state index in [0.29, 0.717) is 17.9 Å². The van der Waals surface area contributed by atoms with Gasteiger partial charge in [0.2, 0.25) is 0 Å². The van der Waals surface area contributed by atoms with Gasteiger partial charge in [0.1, 0.15) is 0 Å². The molecule has 5 nitrogen and oxygen atoms in total. The number of carboxylic acid groups (broad SMARTS) is 1. The van der Waals surface area contributed by atoms with Crippen molar-refractivity contribution in [1.82, 2.24) is 10.3 Å². The lowest BCUT2D eigenvalue weighted by Gasteiger charge is -2.28. The number of pyridine rings is 1. The maximum Gasteiger partial charge on any atom is 0.311 e. The third kappa shape index (κ3) is 3.73. The van der Waals surface area contributed by atoms with Crippen LogP contribution in [0.2, 0.25) is 5.02 Å². The Bertz CT molecular complexity index is 525. The molecular weight excluding hydrogens is 292 g/mol. The molecule has 1 aromatic heterocycles. The Morgan fingerprint density at radius 2 is 1.95 bits per heavy atom. The van der Waals surface area contributed by atoms with E-state index in [0.717, 1.165) is 25.7 Å². The number of carbonyl (C=O) groups is 2. The fraction of sp³-hybridized carbons (Fsp3) is 0.533. The predicted octanol–water partition coefficient (Wildman–Crippen LogP) is 2.89. The molecule has 0 atom stereocenters. The van der Waals surface area contributed by atoms with Gasteiger partial charge in [-0.2, -0.15) is 0 Å². The number of halogens is 1. The molecule has 1 saturated carbocycles. The van der Waals surface area contributed by atoms with Crippen molar-refractivity contribution < 1.29 is 14.7 Å². The van der Waals surface area contributed by atoms with E-state index in [1.165, 1.54) is 18.5 Å². The fourth-order valence-corrected chi connectivity index (χ4v) is 2.95. The molecule has 2 N–H and O–H groups in total. The average Bonchev–Trinajstić information content (AvgIpc) is 2.72. The molecule has 0 radical (unpaired) electrons. The molecule has 114 valence electrons. The largest absolute Gasteiger partial charge is 0.481 e. The Balaban J connectivity index is 2.07. The molecule has 2 rings (SSSR count). The molecule has 1 amide bonds. The Morgan fingerprint density at radius 1 is 1.29 bits per heavy atom. The van der Waals surface area contributed by atoms with Gasteiger partial charge in [0.15, 0.2) is 0 Å². The zero-order chi connectivity index (χ0) is 15.3. The molecular formula is C15H19ClN2O3. The Hall–Kier alpha value is -1.62. The normalized spacial score (nSPS) is 17.8. The van der Waals surface area contributed by atoms with Crippen LogP contribution in [0.5, 0.6) is 0 Å². The summed E-state index contributed by atoms with van der Waals surface area (Å²) < 4.78 is 0. The minimum atomic E-state index is -0.860. The lowest BCUT2D eigenvalue weighted by atomic mass is 9.80. The summed E-state index contributed by atoms with van der Waals surface area (Å²) in [6.45, 7) is 0.131. The van der Waals surface area contributed by atoms with Crippen molar-refractivity contribution in [3.8, 4) is 0 Å².